The van der Waals surface area contributed by atoms with E-state index in [1.165, 1.54) is 7.28 Å². The van der Waals surface area contributed by atoms with Gasteiger partial charge in [0.1, 0.15) is 7.28 Å². The maximum atomic E-state index is 11.1. The van der Waals surface area contributed by atoms with Crippen molar-refractivity contribution in [2.45, 2.75) is 51.7 Å². The van der Waals surface area contributed by atoms with Gasteiger partial charge < -0.3 is 5.11 Å². The third-order valence-corrected chi connectivity index (χ3v) is 3.69. The summed E-state index contributed by atoms with van der Waals surface area (Å²) in [6, 6.07) is 0. The number of carbonyl (C=O) groups is 1. The first-order chi connectivity index (χ1) is 6.40. The predicted molar refractivity (Wildman–Crippen MR) is 60.2 cm³/mol. The van der Waals surface area contributed by atoms with Crippen LogP contribution in [0.25, 0.3) is 0 Å². The fraction of sp³-hybridized carbons (Fsp3) is 0.727. The molecule has 0 spiro atoms. The molecule has 0 aliphatic carbocycles. The van der Waals surface area contributed by atoms with Crippen molar-refractivity contribution < 1.29 is 9.90 Å². The van der Waals surface area contributed by atoms with Gasteiger partial charge in [0.05, 0.1) is 0 Å². The molecule has 2 unspecified atom stereocenters. The minimum atomic E-state index is -0.732. The van der Waals surface area contributed by atoms with E-state index in [9.17, 15) is 4.79 Å². The Morgan fingerprint density at radius 1 is 1.57 bits per heavy atom. The highest BCUT2D eigenvalue weighted by Crippen LogP contribution is 2.60. The normalized spacial score (nSPS) is 31.9. The van der Waals surface area contributed by atoms with Crippen molar-refractivity contribution in [3.05, 3.63) is 11.1 Å². The van der Waals surface area contributed by atoms with Crippen molar-refractivity contribution in [2.24, 2.45) is 0 Å². The highest BCUT2D eigenvalue weighted by molar-refractivity contribution is 6.56. The van der Waals surface area contributed by atoms with Gasteiger partial charge in [0.15, 0.2) is 0 Å². The fourth-order valence-electron chi connectivity index (χ4n) is 1.91. The van der Waals surface area contributed by atoms with Crippen molar-refractivity contribution in [3.8, 4) is 0 Å². The lowest BCUT2D eigenvalue weighted by Crippen LogP contribution is -2.07. The van der Waals surface area contributed by atoms with Crippen LogP contribution in [0.1, 0.15) is 40.5 Å². The molecule has 0 bridgehead atoms. The van der Waals surface area contributed by atoms with Crippen LogP contribution in [-0.2, 0) is 4.79 Å². The third-order valence-electron chi connectivity index (χ3n) is 3.69. The average Bonchev–Trinajstić information content (AvgIpc) is 2.69. The van der Waals surface area contributed by atoms with Crippen LogP contribution in [-0.4, -0.2) is 18.4 Å². The smallest absolute Gasteiger partial charge is 0.331 e. The number of carboxylic acid groups (broad SMARTS) is 1. The minimum absolute atomic E-state index is 0.254. The summed E-state index contributed by atoms with van der Waals surface area (Å²) >= 11 is 0. The molecule has 3 heteroatoms. The molecule has 2 nitrogen and oxygen atoms in total. The molecule has 2 atom stereocenters. The Hall–Kier alpha value is -0.725. The molecule has 0 saturated carbocycles. The van der Waals surface area contributed by atoms with E-state index in [1.807, 2.05) is 13.8 Å². The Morgan fingerprint density at radius 3 is 2.36 bits per heavy atom. The van der Waals surface area contributed by atoms with Crippen LogP contribution >= 0.6 is 0 Å². The van der Waals surface area contributed by atoms with Crippen LogP contribution in [0.2, 0.25) is 11.1 Å². The number of aliphatic carboxylic acids is 1. The molecule has 0 aromatic rings. The summed E-state index contributed by atoms with van der Waals surface area (Å²) in [7, 11) is 1.17. The molecule has 0 aromatic carbocycles. The number of allylic oxidation sites excluding steroid dienone is 1. The zero-order chi connectivity index (χ0) is 10.9. The summed E-state index contributed by atoms with van der Waals surface area (Å²) in [5.41, 5.74) is 1.66. The first-order valence-electron chi connectivity index (χ1n) is 5.32. The topological polar surface area (TPSA) is 37.3 Å². The molecule has 1 fully saturated rings. The average molecular weight is 194 g/mol. The lowest BCUT2D eigenvalue weighted by Gasteiger charge is -2.13. The van der Waals surface area contributed by atoms with E-state index in [4.69, 9.17) is 5.11 Å². The lowest BCUT2D eigenvalue weighted by atomic mass is 9.82. The van der Waals surface area contributed by atoms with Crippen molar-refractivity contribution >= 4 is 13.2 Å². The summed E-state index contributed by atoms with van der Waals surface area (Å²) in [6.07, 6.45) is 1.58. The van der Waals surface area contributed by atoms with Crippen LogP contribution in [0.15, 0.2) is 11.1 Å². The van der Waals surface area contributed by atoms with Gasteiger partial charge in [-0.1, -0.05) is 37.5 Å². The van der Waals surface area contributed by atoms with Crippen LogP contribution in [0.4, 0.5) is 0 Å². The number of rotatable bonds is 4. The largest absolute Gasteiger partial charge is 0.478 e. The molecule has 1 aliphatic heterocycles. The Bertz CT molecular complexity index is 283. The molecule has 0 aromatic heterocycles. The highest BCUT2D eigenvalue weighted by Gasteiger charge is 2.48. The van der Waals surface area contributed by atoms with Crippen molar-refractivity contribution in [1.29, 1.82) is 0 Å². The first kappa shape index (κ1) is 11.4. The second kappa shape index (κ2) is 3.80. The minimum Gasteiger partial charge on any atom is -0.478 e. The van der Waals surface area contributed by atoms with Gasteiger partial charge in [0.25, 0.3) is 0 Å². The monoisotopic (exact) mass is 194 g/mol. The van der Waals surface area contributed by atoms with Gasteiger partial charge in [-0.2, -0.15) is 0 Å². The summed E-state index contributed by atoms with van der Waals surface area (Å²) in [6.45, 7) is 8.32. The van der Waals surface area contributed by atoms with Gasteiger partial charge in [0, 0.05) is 5.57 Å². The van der Waals surface area contributed by atoms with Crippen LogP contribution < -0.4 is 0 Å². The number of carboxylic acids is 1. The molecule has 0 radical (unpaired) electrons. The number of hydrogen-bond donors (Lipinski definition) is 1. The quantitative estimate of drug-likeness (QED) is 0.551. The predicted octanol–water partition coefficient (Wildman–Crippen LogP) is 2.62. The van der Waals surface area contributed by atoms with E-state index < -0.39 is 5.97 Å². The zero-order valence-electron chi connectivity index (χ0n) is 9.55. The molecule has 1 aliphatic rings. The van der Waals surface area contributed by atoms with Crippen molar-refractivity contribution in [3.63, 3.8) is 0 Å². The third kappa shape index (κ3) is 2.20. The van der Waals surface area contributed by atoms with Crippen LogP contribution in [0, 0.1) is 0 Å². The second-order valence-electron chi connectivity index (χ2n) is 4.85. The molecule has 14 heavy (non-hydrogen) atoms. The van der Waals surface area contributed by atoms with Crippen molar-refractivity contribution in [1.82, 2.24) is 0 Å². The zero-order valence-corrected chi connectivity index (χ0v) is 9.55. The first-order valence-corrected chi connectivity index (χ1v) is 5.32. The van der Waals surface area contributed by atoms with Gasteiger partial charge in [-0.25, -0.2) is 4.79 Å². The molecule has 1 saturated heterocycles. The van der Waals surface area contributed by atoms with Gasteiger partial charge in [-0.05, 0) is 19.8 Å². The molecule has 1 rings (SSSR count). The fourth-order valence-corrected chi connectivity index (χ4v) is 1.91. The Kier molecular flexibility index (Phi) is 3.08. The molecule has 1 N–H and O–H groups in total. The van der Waals surface area contributed by atoms with Gasteiger partial charge in [-0.15, -0.1) is 0 Å². The van der Waals surface area contributed by atoms with E-state index in [-0.39, 0.29) is 5.31 Å². The van der Waals surface area contributed by atoms with E-state index >= 15 is 0 Å². The summed E-state index contributed by atoms with van der Waals surface area (Å²) in [5.74, 6) is -0.0498. The Morgan fingerprint density at radius 2 is 2.07 bits per heavy atom. The lowest BCUT2D eigenvalue weighted by molar-refractivity contribution is -0.132. The number of hydrogen-bond acceptors (Lipinski definition) is 1. The molecular formula is C11H19BO2. The summed E-state index contributed by atoms with van der Waals surface area (Å²) < 4.78 is 0. The van der Waals surface area contributed by atoms with Crippen LogP contribution in [0.3, 0.4) is 0 Å². The molecule has 78 valence electrons. The maximum Gasteiger partial charge on any atom is 0.331 e. The van der Waals surface area contributed by atoms with Crippen LogP contribution in [0.5, 0.6) is 0 Å². The van der Waals surface area contributed by atoms with Gasteiger partial charge in [0.2, 0.25) is 0 Å². The van der Waals surface area contributed by atoms with Gasteiger partial charge >= 0.3 is 5.97 Å². The van der Waals surface area contributed by atoms with E-state index in [1.54, 1.807) is 0 Å². The SMILES string of the molecule is CC/C(C)=C(/CC1(C)BC1C)C(=O)O. The second-order valence-corrected chi connectivity index (χ2v) is 4.85. The maximum absolute atomic E-state index is 11.1. The molecular weight excluding hydrogens is 175 g/mol. The standard InChI is InChI=1S/C11H19BO2/c1-5-7(2)9(10(13)14)6-11(4)8(3)12-11/h8,12H,5-6H2,1-4H3,(H,13,14)/b9-7-. The molecule has 0 amide bonds. The highest BCUT2D eigenvalue weighted by atomic mass is 16.4. The Labute approximate surface area is 86.6 Å². The van der Waals surface area contributed by atoms with E-state index in [0.717, 1.165) is 18.4 Å². The summed E-state index contributed by atoms with van der Waals surface area (Å²) in [4.78, 5) is 11.1. The molecule has 1 heterocycles. The van der Waals surface area contributed by atoms with Crippen molar-refractivity contribution in [2.75, 3.05) is 0 Å². The van der Waals surface area contributed by atoms with Gasteiger partial charge in [-0.3, -0.25) is 0 Å². The Balaban J connectivity index is 2.77. The summed E-state index contributed by atoms with van der Waals surface area (Å²) in [5, 5.41) is 9.35. The van der Waals surface area contributed by atoms with E-state index in [0.29, 0.717) is 11.4 Å². The van der Waals surface area contributed by atoms with E-state index in [2.05, 4.69) is 13.8 Å².